The summed E-state index contributed by atoms with van der Waals surface area (Å²) in [5.74, 6) is 3.08. The standard InChI is InChI=1S/C20H23NO5/c1-21-10-14(22)12-6-8-15(23-2)19-17(12)13(21)9-11-5-7-16(24-3)20(25-4)18(11)26-19/h5-8,13-14,22H,9-10H2,1-4H3/t13-,14+/m0/s1. The number of hydrogen-bond acceptors (Lipinski definition) is 6. The molecule has 2 aromatic rings. The Balaban J connectivity index is 1.99. The van der Waals surface area contributed by atoms with Gasteiger partial charge in [-0.3, -0.25) is 4.90 Å². The van der Waals surface area contributed by atoms with Gasteiger partial charge in [-0.25, -0.2) is 0 Å². The van der Waals surface area contributed by atoms with Crippen LogP contribution in [0.1, 0.15) is 28.8 Å². The Labute approximate surface area is 152 Å². The van der Waals surface area contributed by atoms with Crippen LogP contribution >= 0.6 is 0 Å². The summed E-state index contributed by atoms with van der Waals surface area (Å²) in [5, 5.41) is 10.6. The minimum atomic E-state index is -0.558. The van der Waals surface area contributed by atoms with Crippen LogP contribution in [0, 0.1) is 0 Å². The zero-order valence-electron chi connectivity index (χ0n) is 15.4. The molecule has 6 heteroatoms. The van der Waals surface area contributed by atoms with E-state index >= 15 is 0 Å². The molecule has 26 heavy (non-hydrogen) atoms. The van der Waals surface area contributed by atoms with Crippen LogP contribution in [-0.2, 0) is 6.42 Å². The highest BCUT2D eigenvalue weighted by Gasteiger charge is 2.38. The van der Waals surface area contributed by atoms with E-state index < -0.39 is 6.10 Å². The summed E-state index contributed by atoms with van der Waals surface area (Å²) in [5.41, 5.74) is 2.89. The van der Waals surface area contributed by atoms with E-state index in [-0.39, 0.29) is 6.04 Å². The third-order valence-corrected chi connectivity index (χ3v) is 5.30. The molecular formula is C20H23NO5. The van der Waals surface area contributed by atoms with Gasteiger partial charge in [0, 0.05) is 23.7 Å². The maximum absolute atomic E-state index is 10.6. The Morgan fingerprint density at radius 2 is 1.73 bits per heavy atom. The van der Waals surface area contributed by atoms with Crippen molar-refractivity contribution in [1.82, 2.24) is 4.90 Å². The second-order valence-corrected chi connectivity index (χ2v) is 6.67. The molecule has 0 spiro atoms. The predicted octanol–water partition coefficient (Wildman–Crippen LogP) is 3.08. The van der Waals surface area contributed by atoms with Crippen LogP contribution in [0.25, 0.3) is 0 Å². The Hall–Kier alpha value is -2.44. The summed E-state index contributed by atoms with van der Waals surface area (Å²) in [6.45, 7) is 0.575. The summed E-state index contributed by atoms with van der Waals surface area (Å²) in [6, 6.07) is 7.76. The second kappa shape index (κ2) is 6.37. The average molecular weight is 357 g/mol. The van der Waals surface area contributed by atoms with Crippen molar-refractivity contribution in [2.75, 3.05) is 34.9 Å². The van der Waals surface area contributed by atoms with E-state index in [0.717, 1.165) is 23.1 Å². The van der Waals surface area contributed by atoms with E-state index in [1.54, 1.807) is 21.3 Å². The molecule has 2 aliphatic heterocycles. The third-order valence-electron chi connectivity index (χ3n) is 5.30. The first-order valence-electron chi connectivity index (χ1n) is 8.59. The van der Waals surface area contributed by atoms with Crippen LogP contribution < -0.4 is 18.9 Å². The monoisotopic (exact) mass is 357 g/mol. The number of aliphatic hydroxyl groups is 1. The van der Waals surface area contributed by atoms with Gasteiger partial charge in [0.15, 0.2) is 23.0 Å². The molecule has 0 bridgehead atoms. The predicted molar refractivity (Wildman–Crippen MR) is 96.6 cm³/mol. The summed E-state index contributed by atoms with van der Waals surface area (Å²) in [6.07, 6.45) is 0.184. The molecule has 2 heterocycles. The number of aliphatic hydroxyl groups excluding tert-OH is 1. The summed E-state index contributed by atoms with van der Waals surface area (Å²) >= 11 is 0. The lowest BCUT2D eigenvalue weighted by Gasteiger charge is -2.37. The number of fused-ring (bicyclic) bond motifs is 1. The molecule has 2 aromatic carbocycles. The Kier molecular flexibility index (Phi) is 4.17. The van der Waals surface area contributed by atoms with Crippen molar-refractivity contribution in [2.45, 2.75) is 18.6 Å². The fourth-order valence-electron chi connectivity index (χ4n) is 3.99. The van der Waals surface area contributed by atoms with Crippen LogP contribution in [0.4, 0.5) is 0 Å². The Bertz CT molecular complexity index is 851. The lowest BCUT2D eigenvalue weighted by molar-refractivity contribution is 0.0832. The van der Waals surface area contributed by atoms with Gasteiger partial charge in [-0.05, 0) is 31.2 Å². The number of methoxy groups -OCH3 is 3. The molecule has 2 atom stereocenters. The number of benzene rings is 2. The second-order valence-electron chi connectivity index (χ2n) is 6.67. The SMILES string of the molecule is COc1ccc2c(c1OC)Oc1c(OC)ccc3c1[C@H](C2)N(C)C[C@H]3O. The lowest BCUT2D eigenvalue weighted by Crippen LogP contribution is -2.35. The van der Waals surface area contributed by atoms with E-state index in [0.29, 0.717) is 35.3 Å². The summed E-state index contributed by atoms with van der Waals surface area (Å²) < 4.78 is 22.9. The number of rotatable bonds is 3. The summed E-state index contributed by atoms with van der Waals surface area (Å²) in [7, 11) is 6.85. The van der Waals surface area contributed by atoms with Crippen molar-refractivity contribution in [3.05, 3.63) is 41.0 Å². The van der Waals surface area contributed by atoms with E-state index in [1.807, 2.05) is 31.3 Å². The van der Waals surface area contributed by atoms with E-state index in [1.165, 1.54) is 0 Å². The molecule has 0 aromatic heterocycles. The lowest BCUT2D eigenvalue weighted by atomic mass is 9.87. The van der Waals surface area contributed by atoms with Gasteiger partial charge in [-0.1, -0.05) is 12.1 Å². The number of ether oxygens (including phenoxy) is 4. The number of hydrogen-bond donors (Lipinski definition) is 1. The fraction of sp³-hybridized carbons (Fsp3) is 0.400. The first kappa shape index (κ1) is 17.0. The number of β-amino-alcohol motifs (C(OH)–C–C–N with tert-alkyl or cyclic N) is 1. The highest BCUT2D eigenvalue weighted by molar-refractivity contribution is 5.63. The fourth-order valence-corrected chi connectivity index (χ4v) is 3.99. The van der Waals surface area contributed by atoms with Crippen molar-refractivity contribution in [1.29, 1.82) is 0 Å². The molecular weight excluding hydrogens is 334 g/mol. The molecule has 4 rings (SSSR count). The van der Waals surface area contributed by atoms with Crippen LogP contribution in [0.15, 0.2) is 24.3 Å². The zero-order chi connectivity index (χ0) is 18.4. The molecule has 0 saturated heterocycles. The molecule has 0 saturated carbocycles. The Morgan fingerprint density at radius 1 is 1.00 bits per heavy atom. The molecule has 0 fully saturated rings. The van der Waals surface area contributed by atoms with Gasteiger partial charge in [-0.2, -0.15) is 0 Å². The first-order valence-corrected chi connectivity index (χ1v) is 8.59. The van der Waals surface area contributed by atoms with Crippen LogP contribution in [-0.4, -0.2) is 44.9 Å². The topological polar surface area (TPSA) is 60.4 Å². The Morgan fingerprint density at radius 3 is 2.42 bits per heavy atom. The van der Waals surface area contributed by atoms with Crippen molar-refractivity contribution < 1.29 is 24.1 Å². The molecule has 0 amide bonds. The zero-order valence-corrected chi connectivity index (χ0v) is 15.4. The first-order chi connectivity index (χ1) is 12.6. The van der Waals surface area contributed by atoms with Gasteiger partial charge in [0.25, 0.3) is 0 Å². The molecule has 0 unspecified atom stereocenters. The number of likely N-dealkylation sites (N-methyl/N-ethyl adjacent to an activating group) is 1. The van der Waals surface area contributed by atoms with Crippen molar-refractivity contribution in [2.24, 2.45) is 0 Å². The number of nitrogens with zero attached hydrogens (tertiary/aromatic N) is 1. The van der Waals surface area contributed by atoms with Gasteiger partial charge in [0.05, 0.1) is 27.4 Å². The van der Waals surface area contributed by atoms with Crippen LogP contribution in [0.2, 0.25) is 0 Å². The highest BCUT2D eigenvalue weighted by atomic mass is 16.5. The smallest absolute Gasteiger partial charge is 0.204 e. The van der Waals surface area contributed by atoms with Crippen LogP contribution in [0.3, 0.4) is 0 Å². The van der Waals surface area contributed by atoms with E-state index in [2.05, 4.69) is 4.90 Å². The third kappa shape index (κ3) is 2.40. The largest absolute Gasteiger partial charge is 0.493 e. The minimum Gasteiger partial charge on any atom is -0.493 e. The van der Waals surface area contributed by atoms with Crippen LogP contribution in [0.5, 0.6) is 28.7 Å². The van der Waals surface area contributed by atoms with Gasteiger partial charge in [-0.15, -0.1) is 0 Å². The molecule has 1 N–H and O–H groups in total. The van der Waals surface area contributed by atoms with Gasteiger partial charge in [0.2, 0.25) is 5.75 Å². The normalized spacial score (nSPS) is 21.1. The maximum Gasteiger partial charge on any atom is 0.204 e. The van der Waals surface area contributed by atoms with E-state index in [9.17, 15) is 5.11 Å². The van der Waals surface area contributed by atoms with Gasteiger partial charge < -0.3 is 24.1 Å². The van der Waals surface area contributed by atoms with Gasteiger partial charge in [0.1, 0.15) is 0 Å². The van der Waals surface area contributed by atoms with Crippen molar-refractivity contribution in [3.63, 3.8) is 0 Å². The maximum atomic E-state index is 10.6. The molecule has 138 valence electrons. The summed E-state index contributed by atoms with van der Waals surface area (Å²) in [4.78, 5) is 2.16. The van der Waals surface area contributed by atoms with Crippen molar-refractivity contribution in [3.8, 4) is 28.7 Å². The quantitative estimate of drug-likeness (QED) is 0.911. The molecule has 2 aliphatic rings. The minimum absolute atomic E-state index is 0.0813. The molecule has 6 nitrogen and oxygen atoms in total. The van der Waals surface area contributed by atoms with Crippen molar-refractivity contribution >= 4 is 0 Å². The average Bonchev–Trinajstić information content (AvgIpc) is 2.82. The van der Waals surface area contributed by atoms with E-state index in [4.69, 9.17) is 18.9 Å². The highest BCUT2D eigenvalue weighted by Crippen LogP contribution is 2.53. The van der Waals surface area contributed by atoms with Gasteiger partial charge >= 0.3 is 0 Å². The molecule has 0 radical (unpaired) electrons. The molecule has 0 aliphatic carbocycles.